The fourth-order valence-electron chi connectivity index (χ4n) is 11.1. The summed E-state index contributed by atoms with van der Waals surface area (Å²) in [5.41, 5.74) is -0.425. The third-order valence-electron chi connectivity index (χ3n) is 15.1. The minimum absolute atomic E-state index is 0.0736. The number of nitrogens with zero attached hydrogens (tertiary/aromatic N) is 6. The molecule has 0 aliphatic heterocycles. The minimum atomic E-state index is -5.10. The Balaban J connectivity index is 1.05. The minimum Gasteiger partial charge on any atom is -0.309 e. The molecule has 13 rings (SSSR count). The third kappa shape index (κ3) is 9.89. The molecule has 0 spiro atoms. The van der Waals surface area contributed by atoms with Gasteiger partial charge in [0.25, 0.3) is 0 Å². The maximum absolute atomic E-state index is 14.2. The van der Waals surface area contributed by atoms with Gasteiger partial charge in [-0.25, -0.2) is 15.0 Å². The Kier molecular flexibility index (Phi) is 13.0. The quantitative estimate of drug-likeness (QED) is 0.142. The second-order valence-corrected chi connectivity index (χ2v) is 20.4. The number of alkyl halides is 12. The second kappa shape index (κ2) is 20.4. The number of nitriles is 1. The van der Waals surface area contributed by atoms with Crippen LogP contribution in [0.5, 0.6) is 0 Å². The van der Waals surface area contributed by atoms with Crippen LogP contribution in [0.1, 0.15) is 27.8 Å². The predicted octanol–water partition coefficient (Wildman–Crippen LogP) is 20.0. The largest absolute Gasteiger partial charge is 0.416 e. The molecule has 0 aliphatic rings. The Hall–Kier alpha value is -10.5. The molecule has 0 bridgehead atoms. The number of fused-ring (bicyclic) bond motifs is 6. The molecule has 0 saturated heterocycles. The summed E-state index contributed by atoms with van der Waals surface area (Å²) in [5, 5.41) is 13.2. The lowest BCUT2D eigenvalue weighted by Gasteiger charge is -2.18. The summed E-state index contributed by atoms with van der Waals surface area (Å²) in [7, 11) is 0. The van der Waals surface area contributed by atoms with Crippen molar-refractivity contribution in [3.8, 4) is 85.0 Å². The lowest BCUT2D eigenvalue weighted by atomic mass is 9.95. The smallest absolute Gasteiger partial charge is 0.309 e. The van der Waals surface area contributed by atoms with Crippen LogP contribution in [0.4, 0.5) is 52.7 Å². The SMILES string of the molecule is N#Cc1ccc(-n2c3ccccc3c3cc(-c4cc(C(F)(F)F)cc(C(F)(F)F)c4)ccc32)cc1-c1cc(-c2nc(-c3ccccc3)nc(-c3ccccc3)n2)ccc1-n1c2ccccc2c2cc(-c3cc(C(F)(F)F)cc(C(F)(F)F)c3)ccc21. The fourth-order valence-corrected chi connectivity index (χ4v) is 11.1. The molecule has 0 N–H and O–H groups in total. The zero-order valence-electron chi connectivity index (χ0n) is 44.0. The van der Waals surface area contributed by atoms with Crippen LogP contribution >= 0.6 is 0 Å². The van der Waals surface area contributed by atoms with E-state index in [4.69, 9.17) is 15.0 Å². The van der Waals surface area contributed by atoms with Gasteiger partial charge in [-0.05, 0) is 131 Å². The van der Waals surface area contributed by atoms with Gasteiger partial charge in [-0.1, -0.05) is 109 Å². The van der Waals surface area contributed by atoms with Gasteiger partial charge in [0, 0.05) is 55.0 Å². The van der Waals surface area contributed by atoms with Crippen molar-refractivity contribution < 1.29 is 52.7 Å². The molecule has 3 aromatic heterocycles. The number of rotatable bonds is 8. The molecule has 422 valence electrons. The van der Waals surface area contributed by atoms with Crippen molar-refractivity contribution in [3.63, 3.8) is 0 Å². The van der Waals surface area contributed by atoms with E-state index in [1.807, 2.05) is 75.9 Å². The van der Waals surface area contributed by atoms with Crippen molar-refractivity contribution in [2.24, 2.45) is 0 Å². The van der Waals surface area contributed by atoms with E-state index in [9.17, 15) is 57.9 Å². The lowest BCUT2D eigenvalue weighted by Crippen LogP contribution is -2.11. The second-order valence-electron chi connectivity index (χ2n) is 20.4. The zero-order chi connectivity index (χ0) is 60.0. The van der Waals surface area contributed by atoms with Gasteiger partial charge in [0.2, 0.25) is 0 Å². The summed E-state index contributed by atoms with van der Waals surface area (Å²) in [6.07, 6.45) is -20.4. The van der Waals surface area contributed by atoms with Gasteiger partial charge in [-0.2, -0.15) is 57.9 Å². The monoisotopic (exact) mass is 1160 g/mol. The molecule has 6 nitrogen and oxygen atoms in total. The molecule has 0 atom stereocenters. The van der Waals surface area contributed by atoms with Crippen molar-refractivity contribution in [1.29, 1.82) is 5.26 Å². The Labute approximate surface area is 479 Å². The van der Waals surface area contributed by atoms with Gasteiger partial charge in [-0.15, -0.1) is 0 Å². The molecule has 13 aromatic rings. The van der Waals surface area contributed by atoms with Crippen LogP contribution in [0.15, 0.2) is 218 Å². The van der Waals surface area contributed by atoms with Gasteiger partial charge in [0.15, 0.2) is 17.5 Å². The van der Waals surface area contributed by atoms with E-state index >= 15 is 0 Å². The molecule has 0 amide bonds. The maximum atomic E-state index is 14.2. The number of halogens is 12. The van der Waals surface area contributed by atoms with Gasteiger partial charge >= 0.3 is 24.7 Å². The summed E-state index contributed by atoms with van der Waals surface area (Å²) in [5.74, 6) is 0.946. The summed E-state index contributed by atoms with van der Waals surface area (Å²) in [6.45, 7) is 0. The van der Waals surface area contributed by atoms with E-state index in [0.717, 1.165) is 0 Å². The van der Waals surface area contributed by atoms with Crippen molar-refractivity contribution in [2.45, 2.75) is 24.7 Å². The summed E-state index contributed by atoms with van der Waals surface area (Å²) in [4.78, 5) is 14.8. The van der Waals surface area contributed by atoms with Crippen molar-refractivity contribution in [2.75, 3.05) is 0 Å². The van der Waals surface area contributed by atoms with Gasteiger partial charge < -0.3 is 9.13 Å². The molecule has 86 heavy (non-hydrogen) atoms. The zero-order valence-corrected chi connectivity index (χ0v) is 44.0. The lowest BCUT2D eigenvalue weighted by molar-refractivity contribution is -0.144. The summed E-state index contributed by atoms with van der Waals surface area (Å²) in [6, 6.07) is 57.6. The van der Waals surface area contributed by atoms with Crippen LogP contribution in [0.3, 0.4) is 0 Å². The number of hydrogen-bond acceptors (Lipinski definition) is 4. The van der Waals surface area contributed by atoms with Crippen LogP contribution in [-0.4, -0.2) is 24.1 Å². The van der Waals surface area contributed by atoms with E-state index in [-0.39, 0.29) is 45.8 Å². The summed E-state index contributed by atoms with van der Waals surface area (Å²) >= 11 is 0. The Morgan fingerprint density at radius 3 is 1.15 bits per heavy atom. The highest BCUT2D eigenvalue weighted by Crippen LogP contribution is 2.46. The highest BCUT2D eigenvalue weighted by Gasteiger charge is 2.39. The molecule has 3 heterocycles. The van der Waals surface area contributed by atoms with Crippen LogP contribution in [0.25, 0.3) is 123 Å². The first-order valence-corrected chi connectivity index (χ1v) is 26.3. The standard InChI is InChI=1S/C68H36F12N6/c69-65(70,71)46-27-44(28-47(34-46)66(72,73)74)40-20-24-59-54(31-40)51-15-7-9-17-57(51)85(59)50-23-19-43(37-81)53(36-50)56-33-42(64-83-62(38-11-3-1-4-12-38)82-63(84-64)39-13-5-2-6-14-39)22-26-61(56)86-58-18-10-8-16-52(58)55-32-41(21-25-60(55)86)45-29-48(67(75,76)77)35-49(30-45)68(78,79)80/h1-36H. The van der Waals surface area contributed by atoms with Gasteiger partial charge in [0.05, 0.1) is 61.6 Å². The van der Waals surface area contributed by atoms with Crippen LogP contribution in [0.2, 0.25) is 0 Å². The first-order chi connectivity index (χ1) is 41.1. The van der Waals surface area contributed by atoms with E-state index in [0.29, 0.717) is 119 Å². The Morgan fingerprint density at radius 1 is 0.302 bits per heavy atom. The summed E-state index contributed by atoms with van der Waals surface area (Å²) < 4.78 is 174. The molecule has 0 fully saturated rings. The maximum Gasteiger partial charge on any atom is 0.416 e. The molecular weight excluding hydrogens is 1130 g/mol. The number of aromatic nitrogens is 5. The third-order valence-corrected chi connectivity index (χ3v) is 15.1. The van der Waals surface area contributed by atoms with Gasteiger partial charge in [-0.3, -0.25) is 0 Å². The van der Waals surface area contributed by atoms with Crippen LogP contribution in [0, 0.1) is 11.3 Å². The van der Waals surface area contributed by atoms with Crippen molar-refractivity contribution in [3.05, 3.63) is 246 Å². The Morgan fingerprint density at radius 2 is 0.698 bits per heavy atom. The topological polar surface area (TPSA) is 72.3 Å². The average Bonchev–Trinajstić information content (AvgIpc) is 2.46. The molecular formula is C68H36F12N6. The van der Waals surface area contributed by atoms with Crippen molar-refractivity contribution in [1.82, 2.24) is 24.1 Å². The van der Waals surface area contributed by atoms with Crippen molar-refractivity contribution >= 4 is 43.6 Å². The number of benzene rings is 10. The average molecular weight is 1170 g/mol. The number of para-hydroxylation sites is 2. The van der Waals surface area contributed by atoms with Crippen LogP contribution < -0.4 is 0 Å². The highest BCUT2D eigenvalue weighted by atomic mass is 19.4. The van der Waals surface area contributed by atoms with Crippen LogP contribution in [-0.2, 0) is 24.7 Å². The van der Waals surface area contributed by atoms with E-state index < -0.39 is 47.0 Å². The molecule has 0 unspecified atom stereocenters. The predicted molar refractivity (Wildman–Crippen MR) is 306 cm³/mol. The first kappa shape index (κ1) is 54.7. The molecule has 10 aromatic carbocycles. The Bertz CT molecular complexity index is 4770. The van der Waals surface area contributed by atoms with E-state index in [2.05, 4.69) is 6.07 Å². The molecule has 0 aliphatic carbocycles. The molecule has 0 saturated carbocycles. The fraction of sp³-hybridized carbons (Fsp3) is 0.0588. The molecule has 0 radical (unpaired) electrons. The van der Waals surface area contributed by atoms with Gasteiger partial charge in [0.1, 0.15) is 0 Å². The molecule has 18 heteroatoms. The highest BCUT2D eigenvalue weighted by molar-refractivity contribution is 6.12. The normalized spacial score (nSPS) is 12.4. The van der Waals surface area contributed by atoms with E-state index in [1.165, 1.54) is 24.3 Å². The number of hydrogen-bond donors (Lipinski definition) is 0. The first-order valence-electron chi connectivity index (χ1n) is 26.3. The van der Waals surface area contributed by atoms with E-state index in [1.54, 1.807) is 91.0 Å².